The molecule has 2 N–H and O–H groups in total. The lowest BCUT2D eigenvalue weighted by atomic mass is 9.97. The molecule has 2 heterocycles. The molecule has 0 spiro atoms. The van der Waals surface area contributed by atoms with E-state index < -0.39 is 17.2 Å². The Kier molecular flexibility index (Phi) is 3.62. The number of nitrogens with zero attached hydrogens (tertiary/aromatic N) is 2. The number of nitrogens with one attached hydrogen (secondary N) is 2. The molecule has 0 radical (unpaired) electrons. The van der Waals surface area contributed by atoms with E-state index in [9.17, 15) is 14.4 Å². The predicted octanol–water partition coefficient (Wildman–Crippen LogP) is 0.396. The van der Waals surface area contributed by atoms with Gasteiger partial charge in [0, 0.05) is 19.0 Å². The molecule has 0 bridgehead atoms. The molecule has 7 heteroatoms. The summed E-state index contributed by atoms with van der Waals surface area (Å²) < 4.78 is 0. The number of benzene rings is 1. The molecule has 0 aliphatic carbocycles. The van der Waals surface area contributed by atoms with Gasteiger partial charge in [0.15, 0.2) is 0 Å². The van der Waals surface area contributed by atoms with Gasteiger partial charge in [-0.2, -0.15) is 5.10 Å². The van der Waals surface area contributed by atoms with Gasteiger partial charge in [-0.1, -0.05) is 29.8 Å². The Morgan fingerprint density at radius 3 is 2.91 bits per heavy atom. The van der Waals surface area contributed by atoms with Gasteiger partial charge < -0.3 is 4.90 Å². The molecule has 2 aromatic rings. The molecule has 3 rings (SSSR count). The van der Waals surface area contributed by atoms with Crippen LogP contribution in [0.4, 0.5) is 0 Å². The smallest absolute Gasteiger partial charge is 0.336 e. The fourth-order valence-corrected chi connectivity index (χ4v) is 2.78. The van der Waals surface area contributed by atoms with E-state index in [1.807, 2.05) is 24.0 Å². The molecular formula is C15H16N4O3. The number of hydrogen-bond acceptors (Lipinski definition) is 4. The third kappa shape index (κ3) is 2.69. The Morgan fingerprint density at radius 2 is 2.18 bits per heavy atom. The Balaban J connectivity index is 1.79. The second-order valence-electron chi connectivity index (χ2n) is 5.51. The SMILES string of the molecule is Cc1cccc(C2CCN(C(=O)c3n[nH]c(=O)[nH]c3=O)C2)c1. The van der Waals surface area contributed by atoms with Crippen LogP contribution >= 0.6 is 0 Å². The molecule has 0 saturated carbocycles. The van der Waals surface area contributed by atoms with Crippen LogP contribution in [0.1, 0.15) is 34.0 Å². The minimum Gasteiger partial charge on any atom is -0.336 e. The molecule has 1 amide bonds. The first-order valence-corrected chi connectivity index (χ1v) is 7.09. The van der Waals surface area contributed by atoms with E-state index in [-0.39, 0.29) is 11.6 Å². The third-order valence-electron chi connectivity index (χ3n) is 3.90. The van der Waals surface area contributed by atoms with Crippen molar-refractivity contribution in [1.82, 2.24) is 20.1 Å². The number of H-pyrrole nitrogens is 2. The van der Waals surface area contributed by atoms with Crippen LogP contribution in [0, 0.1) is 6.92 Å². The average Bonchev–Trinajstić information content (AvgIpc) is 2.96. The Labute approximate surface area is 126 Å². The maximum Gasteiger partial charge on any atom is 0.342 e. The summed E-state index contributed by atoms with van der Waals surface area (Å²) in [5.74, 6) is -0.196. The van der Waals surface area contributed by atoms with Crippen LogP contribution in [-0.4, -0.2) is 39.1 Å². The summed E-state index contributed by atoms with van der Waals surface area (Å²) >= 11 is 0. The summed E-state index contributed by atoms with van der Waals surface area (Å²) in [7, 11) is 0. The van der Waals surface area contributed by atoms with Gasteiger partial charge in [-0.25, -0.2) is 9.89 Å². The van der Waals surface area contributed by atoms with Crippen LogP contribution in [0.25, 0.3) is 0 Å². The van der Waals surface area contributed by atoms with Crippen molar-refractivity contribution >= 4 is 5.91 Å². The number of amides is 1. The summed E-state index contributed by atoms with van der Waals surface area (Å²) in [6.07, 6.45) is 0.844. The van der Waals surface area contributed by atoms with E-state index in [4.69, 9.17) is 0 Å². The second-order valence-corrected chi connectivity index (χ2v) is 5.51. The van der Waals surface area contributed by atoms with E-state index >= 15 is 0 Å². The Bertz CT molecular complexity index is 824. The average molecular weight is 300 g/mol. The summed E-state index contributed by atoms with van der Waals surface area (Å²) in [5.41, 5.74) is 0.623. The van der Waals surface area contributed by atoms with Gasteiger partial charge in [0.2, 0.25) is 5.69 Å². The van der Waals surface area contributed by atoms with Crippen LogP contribution in [0.15, 0.2) is 33.9 Å². The topological polar surface area (TPSA) is 98.9 Å². The molecule has 1 aliphatic heterocycles. The molecule has 7 nitrogen and oxygen atoms in total. The van der Waals surface area contributed by atoms with Crippen LogP contribution < -0.4 is 11.2 Å². The molecule has 1 fully saturated rings. The van der Waals surface area contributed by atoms with Gasteiger partial charge in [-0.15, -0.1) is 0 Å². The molecule has 1 aromatic carbocycles. The molecule has 1 saturated heterocycles. The minimum atomic E-state index is -0.757. The van der Waals surface area contributed by atoms with Gasteiger partial charge >= 0.3 is 5.69 Å². The zero-order chi connectivity index (χ0) is 15.7. The third-order valence-corrected chi connectivity index (χ3v) is 3.90. The highest BCUT2D eigenvalue weighted by molar-refractivity contribution is 5.92. The molecule has 114 valence electrons. The summed E-state index contributed by atoms with van der Waals surface area (Å²) in [6.45, 7) is 3.14. The molecular weight excluding hydrogens is 284 g/mol. The lowest BCUT2D eigenvalue weighted by Crippen LogP contribution is -2.37. The Morgan fingerprint density at radius 1 is 1.36 bits per heavy atom. The minimum absolute atomic E-state index is 0.255. The van der Waals surface area contributed by atoms with Crippen molar-refractivity contribution in [3.63, 3.8) is 0 Å². The van der Waals surface area contributed by atoms with E-state index in [0.717, 1.165) is 6.42 Å². The first-order valence-electron chi connectivity index (χ1n) is 7.09. The lowest BCUT2D eigenvalue weighted by Gasteiger charge is -2.15. The van der Waals surface area contributed by atoms with Gasteiger partial charge in [0.25, 0.3) is 11.5 Å². The number of aryl methyl sites for hydroxylation is 1. The fraction of sp³-hybridized carbons (Fsp3) is 0.333. The largest absolute Gasteiger partial charge is 0.342 e. The number of likely N-dealkylation sites (tertiary alicyclic amines) is 1. The van der Waals surface area contributed by atoms with Crippen molar-refractivity contribution in [1.29, 1.82) is 0 Å². The van der Waals surface area contributed by atoms with Gasteiger partial charge in [0.05, 0.1) is 0 Å². The summed E-state index contributed by atoms with van der Waals surface area (Å²) in [4.78, 5) is 38.6. The summed E-state index contributed by atoms with van der Waals surface area (Å²) in [5, 5.41) is 5.65. The van der Waals surface area contributed by atoms with Crippen molar-refractivity contribution in [3.05, 3.63) is 61.9 Å². The maximum absolute atomic E-state index is 12.3. The number of carbonyl (C=O) groups is 1. The lowest BCUT2D eigenvalue weighted by molar-refractivity contribution is 0.0781. The number of aromatic amines is 2. The van der Waals surface area contributed by atoms with Gasteiger partial charge in [0.1, 0.15) is 0 Å². The van der Waals surface area contributed by atoms with E-state index in [1.54, 1.807) is 4.90 Å². The highest BCUT2D eigenvalue weighted by Crippen LogP contribution is 2.28. The number of hydrogen-bond donors (Lipinski definition) is 2. The highest BCUT2D eigenvalue weighted by Gasteiger charge is 2.30. The van der Waals surface area contributed by atoms with Crippen LogP contribution in [-0.2, 0) is 0 Å². The molecule has 1 aromatic heterocycles. The quantitative estimate of drug-likeness (QED) is 0.838. The van der Waals surface area contributed by atoms with Crippen LogP contribution in [0.2, 0.25) is 0 Å². The van der Waals surface area contributed by atoms with Crippen molar-refractivity contribution in [2.75, 3.05) is 13.1 Å². The van der Waals surface area contributed by atoms with Crippen molar-refractivity contribution in [3.8, 4) is 0 Å². The number of rotatable bonds is 2. The van der Waals surface area contributed by atoms with Gasteiger partial charge in [-0.3, -0.25) is 14.6 Å². The van der Waals surface area contributed by atoms with Gasteiger partial charge in [-0.05, 0) is 18.9 Å². The fourth-order valence-electron chi connectivity index (χ4n) is 2.78. The van der Waals surface area contributed by atoms with E-state index in [1.165, 1.54) is 11.1 Å². The van der Waals surface area contributed by atoms with Crippen molar-refractivity contribution in [2.45, 2.75) is 19.3 Å². The van der Waals surface area contributed by atoms with Crippen LogP contribution in [0.5, 0.6) is 0 Å². The molecule has 1 aliphatic rings. The second kappa shape index (κ2) is 5.59. The number of aromatic nitrogens is 3. The first-order chi connectivity index (χ1) is 10.5. The van der Waals surface area contributed by atoms with E-state index in [0.29, 0.717) is 13.1 Å². The normalized spacial score (nSPS) is 17.7. The highest BCUT2D eigenvalue weighted by atomic mass is 16.2. The first kappa shape index (κ1) is 14.2. The standard InChI is InChI=1S/C15H16N4O3/c1-9-3-2-4-10(7-9)11-5-6-19(8-11)14(21)12-13(20)16-15(22)18-17-12/h2-4,7,11H,5-6,8H2,1H3,(H2,16,18,20,22). The monoisotopic (exact) mass is 300 g/mol. The van der Waals surface area contributed by atoms with E-state index in [2.05, 4.69) is 22.3 Å². The molecule has 1 atom stereocenters. The predicted molar refractivity (Wildman–Crippen MR) is 79.9 cm³/mol. The Hall–Kier alpha value is -2.70. The molecule has 1 unspecified atom stereocenters. The van der Waals surface area contributed by atoms with Crippen LogP contribution in [0.3, 0.4) is 0 Å². The summed E-state index contributed by atoms with van der Waals surface area (Å²) in [6, 6.07) is 8.20. The van der Waals surface area contributed by atoms with Crippen molar-refractivity contribution < 1.29 is 4.79 Å². The zero-order valence-electron chi connectivity index (χ0n) is 12.1. The maximum atomic E-state index is 12.3. The number of carbonyl (C=O) groups excluding carboxylic acids is 1. The zero-order valence-corrected chi connectivity index (χ0v) is 12.1. The van der Waals surface area contributed by atoms with Crippen molar-refractivity contribution in [2.24, 2.45) is 0 Å². The molecule has 22 heavy (non-hydrogen) atoms.